The molecule has 47 heavy (non-hydrogen) atoms. The molecule has 2 aliphatic carbocycles. The molecule has 0 bridgehead atoms. The van der Waals surface area contributed by atoms with Crippen LogP contribution >= 0.6 is 0 Å². The van der Waals surface area contributed by atoms with E-state index in [1.807, 2.05) is 4.90 Å². The normalized spacial score (nSPS) is 28.4. The average molecular weight is 640 g/mol. The Morgan fingerprint density at radius 1 is 1.09 bits per heavy atom. The lowest BCUT2D eigenvalue weighted by Gasteiger charge is -2.37. The first-order valence-corrected chi connectivity index (χ1v) is 16.5. The molecule has 240 valence electrons. The van der Waals surface area contributed by atoms with Crippen LogP contribution in [0.15, 0.2) is 48.4 Å². The van der Waals surface area contributed by atoms with Crippen LogP contribution in [0.3, 0.4) is 0 Å². The number of aromatic nitrogens is 3. The zero-order valence-electron chi connectivity index (χ0n) is 25.8. The largest absolute Gasteiger partial charge is 0.461 e. The van der Waals surface area contributed by atoms with Gasteiger partial charge in [-0.1, -0.05) is 36.6 Å². The van der Waals surface area contributed by atoms with Gasteiger partial charge in [0.1, 0.15) is 35.6 Å². The van der Waals surface area contributed by atoms with E-state index in [4.69, 9.17) is 16.1 Å². The number of rotatable bonds is 5. The molecule has 9 rings (SSSR count). The van der Waals surface area contributed by atoms with Crippen LogP contribution in [0.1, 0.15) is 50.5 Å². The summed E-state index contributed by atoms with van der Waals surface area (Å²) in [6.45, 7) is 2.24. The van der Waals surface area contributed by atoms with E-state index in [1.165, 1.54) is 12.3 Å². The van der Waals surface area contributed by atoms with Gasteiger partial charge in [0.15, 0.2) is 5.82 Å². The molecule has 2 aromatic heterocycles. The second-order valence-corrected chi connectivity index (χ2v) is 14.0. The number of terminal acetylenes is 1. The molecule has 0 amide bonds. The van der Waals surface area contributed by atoms with Gasteiger partial charge in [0.25, 0.3) is 0 Å². The van der Waals surface area contributed by atoms with E-state index >= 15 is 8.78 Å². The van der Waals surface area contributed by atoms with E-state index in [0.717, 1.165) is 50.6 Å². The third-order valence-corrected chi connectivity index (χ3v) is 11.7. The Labute approximate surface area is 269 Å². The molecule has 0 radical (unpaired) electrons. The van der Waals surface area contributed by atoms with E-state index in [1.54, 1.807) is 24.3 Å². The Kier molecular flexibility index (Phi) is 6.40. The van der Waals surface area contributed by atoms with E-state index in [9.17, 15) is 8.78 Å². The fraction of sp³-hybridized carbons (Fsp3) is 0.432. The maximum atomic E-state index is 16.9. The Morgan fingerprint density at radius 2 is 1.96 bits per heavy atom. The molecule has 4 aromatic rings. The lowest BCUT2D eigenvalue weighted by atomic mass is 9.80. The van der Waals surface area contributed by atoms with Crippen LogP contribution in [0.4, 0.5) is 23.4 Å². The molecular formula is C37H33F4N5O. The molecule has 5 aliphatic rings. The van der Waals surface area contributed by atoms with Gasteiger partial charge in [-0.15, -0.1) is 6.42 Å². The Hall–Kier alpha value is -4.23. The molecule has 3 saturated heterocycles. The van der Waals surface area contributed by atoms with Crippen molar-refractivity contribution in [2.45, 2.75) is 62.7 Å². The van der Waals surface area contributed by atoms with Crippen LogP contribution < -0.4 is 9.64 Å². The summed E-state index contributed by atoms with van der Waals surface area (Å²) in [5.41, 5.74) is 0.751. The van der Waals surface area contributed by atoms with E-state index in [-0.39, 0.29) is 52.3 Å². The molecule has 3 aliphatic heterocycles. The van der Waals surface area contributed by atoms with Crippen molar-refractivity contribution >= 4 is 27.5 Å². The van der Waals surface area contributed by atoms with Crippen LogP contribution in [0.5, 0.6) is 6.01 Å². The number of hydrogen-bond acceptors (Lipinski definition) is 6. The minimum atomic E-state index is -0.986. The van der Waals surface area contributed by atoms with Crippen molar-refractivity contribution in [3.05, 3.63) is 65.6 Å². The molecule has 4 atom stereocenters. The number of ether oxygens (including phenoxy) is 1. The number of halogens is 4. The SMILES string of the molecule is C#Cc1c(F)ccc2cccc(-c3ncc4c(N5CCCC[C@H]6[C@H](F)[C@H]65)nc(OC[C@]56C/C(=C/F)CN5CCC65CC5)nc4c3F)c12. The van der Waals surface area contributed by atoms with Crippen molar-refractivity contribution in [3.8, 4) is 29.6 Å². The molecule has 0 N–H and O–H groups in total. The summed E-state index contributed by atoms with van der Waals surface area (Å²) < 4.78 is 67.0. The van der Waals surface area contributed by atoms with Gasteiger partial charge < -0.3 is 9.64 Å². The summed E-state index contributed by atoms with van der Waals surface area (Å²) in [5, 5.41) is 1.38. The van der Waals surface area contributed by atoms with Crippen LogP contribution in [0.25, 0.3) is 32.9 Å². The highest BCUT2D eigenvalue weighted by atomic mass is 19.1. The summed E-state index contributed by atoms with van der Waals surface area (Å²) in [5.74, 6) is 1.41. The predicted octanol–water partition coefficient (Wildman–Crippen LogP) is 7.29. The van der Waals surface area contributed by atoms with Gasteiger partial charge in [0, 0.05) is 36.2 Å². The minimum absolute atomic E-state index is 0.0108. The predicted molar refractivity (Wildman–Crippen MR) is 171 cm³/mol. The molecule has 5 fully saturated rings. The van der Waals surface area contributed by atoms with Crippen molar-refractivity contribution < 1.29 is 22.3 Å². The maximum absolute atomic E-state index is 16.9. The van der Waals surface area contributed by atoms with Crippen LogP contribution in [-0.4, -0.2) is 63.8 Å². The van der Waals surface area contributed by atoms with Crippen molar-refractivity contribution in [1.29, 1.82) is 0 Å². The second kappa shape index (κ2) is 10.4. The van der Waals surface area contributed by atoms with Gasteiger partial charge in [-0.25, -0.2) is 17.6 Å². The molecule has 10 heteroatoms. The van der Waals surface area contributed by atoms with Gasteiger partial charge in [-0.05, 0) is 67.5 Å². The van der Waals surface area contributed by atoms with Crippen molar-refractivity contribution in [1.82, 2.24) is 19.9 Å². The minimum Gasteiger partial charge on any atom is -0.461 e. The lowest BCUT2D eigenvalue weighted by Crippen LogP contribution is -2.49. The molecular weight excluding hydrogens is 606 g/mol. The van der Waals surface area contributed by atoms with Gasteiger partial charge >= 0.3 is 6.01 Å². The van der Waals surface area contributed by atoms with Crippen LogP contribution in [-0.2, 0) is 0 Å². The summed E-state index contributed by atoms with van der Waals surface area (Å²) >= 11 is 0. The summed E-state index contributed by atoms with van der Waals surface area (Å²) in [6, 6.07) is 7.73. The van der Waals surface area contributed by atoms with Gasteiger partial charge in [0.05, 0.1) is 28.9 Å². The molecule has 2 saturated carbocycles. The number of fused-ring (bicyclic) bond motifs is 5. The van der Waals surface area contributed by atoms with Crippen molar-refractivity contribution in [2.75, 3.05) is 31.1 Å². The number of hydrogen-bond donors (Lipinski definition) is 0. The number of anilines is 1. The second-order valence-electron chi connectivity index (χ2n) is 14.0. The monoisotopic (exact) mass is 639 g/mol. The van der Waals surface area contributed by atoms with E-state index in [2.05, 4.69) is 20.8 Å². The number of nitrogens with zero attached hydrogens (tertiary/aromatic N) is 5. The smallest absolute Gasteiger partial charge is 0.319 e. The Morgan fingerprint density at radius 3 is 2.77 bits per heavy atom. The van der Waals surface area contributed by atoms with Crippen LogP contribution in [0, 0.1) is 35.3 Å². The molecule has 5 heterocycles. The number of pyridine rings is 1. The highest BCUT2D eigenvalue weighted by Crippen LogP contribution is 2.66. The molecule has 0 unspecified atom stereocenters. The molecule has 1 spiro atoms. The van der Waals surface area contributed by atoms with Crippen molar-refractivity contribution in [3.63, 3.8) is 0 Å². The topological polar surface area (TPSA) is 54.4 Å². The van der Waals surface area contributed by atoms with Crippen LogP contribution in [0.2, 0.25) is 0 Å². The Balaban J connectivity index is 1.19. The first-order valence-electron chi connectivity index (χ1n) is 16.5. The van der Waals surface area contributed by atoms with E-state index in [0.29, 0.717) is 53.4 Å². The molecule has 6 nitrogen and oxygen atoms in total. The van der Waals surface area contributed by atoms with Gasteiger partial charge in [0.2, 0.25) is 0 Å². The van der Waals surface area contributed by atoms with Gasteiger partial charge in [-0.3, -0.25) is 9.88 Å². The summed E-state index contributed by atoms with van der Waals surface area (Å²) in [7, 11) is 0. The zero-order chi connectivity index (χ0) is 32.1. The number of alkyl halides is 1. The maximum Gasteiger partial charge on any atom is 0.319 e. The molecule has 2 aromatic carbocycles. The highest BCUT2D eigenvalue weighted by molar-refractivity contribution is 6.02. The lowest BCUT2D eigenvalue weighted by molar-refractivity contribution is 0.0649. The fourth-order valence-electron chi connectivity index (χ4n) is 9.05. The summed E-state index contributed by atoms with van der Waals surface area (Å²) in [4.78, 5) is 18.2. The number of benzene rings is 2. The zero-order valence-corrected chi connectivity index (χ0v) is 25.8. The first kappa shape index (κ1) is 29.0. The Bertz CT molecular complexity index is 2040. The van der Waals surface area contributed by atoms with E-state index < -0.39 is 17.8 Å². The highest BCUT2D eigenvalue weighted by Gasteiger charge is 2.67. The standard InChI is InChI=1S/C37H33F4N5O/c1-2-23-27(39)10-9-22-6-5-8-24(28(22)23)31-30(41)32-26(18-42-31)34(46-14-4-3-7-25-29(40)33(25)46)44-35(43-32)47-20-37-16-21(17-38)19-45(37)15-13-36(37)11-12-36/h1,5-6,8-10,17-18,25,29,33H,3-4,7,11-16,19-20H2/b21-17-/t25-,29-,33-,37-/m0/s1. The third-order valence-electron chi connectivity index (χ3n) is 11.7. The van der Waals surface area contributed by atoms with Crippen molar-refractivity contribution in [2.24, 2.45) is 11.3 Å². The fourth-order valence-corrected chi connectivity index (χ4v) is 9.05. The first-order chi connectivity index (χ1) is 22.9. The quantitative estimate of drug-likeness (QED) is 0.169. The third kappa shape index (κ3) is 4.18. The van der Waals surface area contributed by atoms with Gasteiger partial charge in [-0.2, -0.15) is 9.97 Å². The average Bonchev–Trinajstić information content (AvgIpc) is 3.96. The summed E-state index contributed by atoms with van der Waals surface area (Å²) in [6.07, 6.45) is 13.2.